The third-order valence-corrected chi connectivity index (χ3v) is 7.69. The number of sulfonamides is 1. The van der Waals surface area contributed by atoms with Crippen LogP contribution in [0.2, 0.25) is 0 Å². The number of nitrogens with one attached hydrogen (secondary N) is 2. The second kappa shape index (κ2) is 12.7. The summed E-state index contributed by atoms with van der Waals surface area (Å²) in [6.45, 7) is 1.20. The van der Waals surface area contributed by atoms with E-state index in [2.05, 4.69) is 15.8 Å². The van der Waals surface area contributed by atoms with Crippen molar-refractivity contribution < 1.29 is 22.7 Å². The zero-order valence-electron chi connectivity index (χ0n) is 21.9. The largest absolute Gasteiger partial charge is 0.497 e. The second-order valence-electron chi connectivity index (χ2n) is 8.66. The van der Waals surface area contributed by atoms with Crippen molar-refractivity contribution in [3.05, 3.63) is 120 Å². The van der Waals surface area contributed by atoms with Crippen LogP contribution in [-0.4, -0.2) is 39.6 Å². The maximum absolute atomic E-state index is 13.5. The maximum atomic E-state index is 13.5. The number of hydrogen-bond donors (Lipinski definition) is 2. The normalized spacial score (nSPS) is 11.4. The predicted octanol–water partition coefficient (Wildman–Crippen LogP) is 4.68. The molecule has 0 aromatic heterocycles. The van der Waals surface area contributed by atoms with Gasteiger partial charge in [0.2, 0.25) is 0 Å². The van der Waals surface area contributed by atoms with Crippen molar-refractivity contribution in [1.82, 2.24) is 5.43 Å². The van der Waals surface area contributed by atoms with Crippen LogP contribution in [0, 0.1) is 0 Å². The van der Waals surface area contributed by atoms with Crippen molar-refractivity contribution in [2.75, 3.05) is 23.3 Å². The summed E-state index contributed by atoms with van der Waals surface area (Å²) in [7, 11) is -2.59. The quantitative estimate of drug-likeness (QED) is 0.217. The van der Waals surface area contributed by atoms with Gasteiger partial charge in [-0.25, -0.2) is 13.8 Å². The summed E-state index contributed by atoms with van der Waals surface area (Å²) in [5, 5.41) is 7.00. The van der Waals surface area contributed by atoms with Crippen molar-refractivity contribution in [3.63, 3.8) is 0 Å². The van der Waals surface area contributed by atoms with E-state index >= 15 is 0 Å². The Morgan fingerprint density at radius 1 is 0.825 bits per heavy atom. The number of rotatable bonds is 10. The van der Waals surface area contributed by atoms with Crippen molar-refractivity contribution >= 4 is 38.9 Å². The number of para-hydroxylation sites is 1. The Morgan fingerprint density at radius 3 is 2.10 bits per heavy atom. The summed E-state index contributed by atoms with van der Waals surface area (Å²) in [5.41, 5.74) is 4.99. The van der Waals surface area contributed by atoms with Crippen LogP contribution >= 0.6 is 0 Å². The first-order valence-electron chi connectivity index (χ1n) is 12.3. The predicted molar refractivity (Wildman–Crippen MR) is 155 cm³/mol. The van der Waals surface area contributed by atoms with Gasteiger partial charge in [-0.15, -0.1) is 0 Å². The minimum atomic E-state index is -4.08. The molecule has 0 unspecified atom stereocenters. The number of carbonyl (C=O) groups excluding carboxylic acids is 2. The minimum absolute atomic E-state index is 0.0130. The summed E-state index contributed by atoms with van der Waals surface area (Å²) in [4.78, 5) is 25.4. The SMILES string of the molecule is COc1ccc(S(=O)(=O)N(CC(=O)N/N=C(/C)c2cccc(NC(=O)c3ccccc3)c2)c2ccccc2)cc1. The highest BCUT2D eigenvalue weighted by Gasteiger charge is 2.27. The monoisotopic (exact) mass is 556 g/mol. The summed E-state index contributed by atoms with van der Waals surface area (Å²) in [6, 6.07) is 30.1. The molecule has 4 aromatic carbocycles. The number of nitrogens with zero attached hydrogens (tertiary/aromatic N) is 2. The van der Waals surface area contributed by atoms with Gasteiger partial charge in [0.05, 0.1) is 23.4 Å². The van der Waals surface area contributed by atoms with Gasteiger partial charge in [-0.2, -0.15) is 5.10 Å². The van der Waals surface area contributed by atoms with Crippen molar-refractivity contribution in [1.29, 1.82) is 0 Å². The standard InChI is InChI=1S/C30H28N4O5S/c1-22(24-12-9-13-25(20-24)31-30(36)23-10-5-3-6-11-23)32-33-29(35)21-34(26-14-7-4-8-15-26)40(37,38)28-18-16-27(39-2)17-19-28/h3-20H,21H2,1-2H3,(H,31,36)(H,33,35)/b32-22-. The maximum Gasteiger partial charge on any atom is 0.264 e. The fourth-order valence-corrected chi connectivity index (χ4v) is 5.20. The molecular formula is C30H28N4O5S. The molecule has 40 heavy (non-hydrogen) atoms. The Morgan fingerprint density at radius 2 is 1.45 bits per heavy atom. The third kappa shape index (κ3) is 6.91. The molecule has 0 heterocycles. The molecule has 0 aliphatic rings. The molecule has 0 saturated heterocycles. The van der Waals surface area contributed by atoms with E-state index in [4.69, 9.17) is 4.74 Å². The highest BCUT2D eigenvalue weighted by molar-refractivity contribution is 7.92. The van der Waals surface area contributed by atoms with E-state index < -0.39 is 22.5 Å². The molecule has 0 bridgehead atoms. The number of carbonyl (C=O) groups is 2. The van der Waals surface area contributed by atoms with Gasteiger partial charge < -0.3 is 10.1 Å². The topological polar surface area (TPSA) is 117 Å². The van der Waals surface area contributed by atoms with E-state index in [1.165, 1.54) is 19.2 Å². The molecule has 0 saturated carbocycles. The lowest BCUT2D eigenvalue weighted by molar-refractivity contribution is -0.119. The van der Waals surface area contributed by atoms with E-state index in [0.717, 1.165) is 4.31 Å². The molecule has 0 radical (unpaired) electrons. The van der Waals surface area contributed by atoms with Crippen molar-refractivity contribution in [2.45, 2.75) is 11.8 Å². The summed E-state index contributed by atoms with van der Waals surface area (Å²) in [5.74, 6) is -0.370. The van der Waals surface area contributed by atoms with E-state index in [1.54, 1.807) is 97.9 Å². The molecule has 0 aliphatic carbocycles. The Kier molecular flexibility index (Phi) is 8.93. The van der Waals surface area contributed by atoms with Crippen molar-refractivity contribution in [3.8, 4) is 5.75 Å². The van der Waals surface area contributed by atoms with Gasteiger partial charge >= 0.3 is 0 Å². The molecule has 10 heteroatoms. The molecule has 0 spiro atoms. The van der Waals surface area contributed by atoms with Crippen LogP contribution in [0.15, 0.2) is 119 Å². The van der Waals surface area contributed by atoms with E-state index in [0.29, 0.717) is 34.0 Å². The van der Waals surface area contributed by atoms with Crippen LogP contribution in [0.4, 0.5) is 11.4 Å². The molecule has 0 atom stereocenters. The van der Waals surface area contributed by atoms with E-state index in [-0.39, 0.29) is 10.8 Å². The number of methoxy groups -OCH3 is 1. The van der Waals surface area contributed by atoms with Gasteiger partial charge in [0.1, 0.15) is 12.3 Å². The lowest BCUT2D eigenvalue weighted by Crippen LogP contribution is -2.39. The molecule has 4 rings (SSSR count). The second-order valence-corrected chi connectivity index (χ2v) is 10.5. The van der Waals surface area contributed by atoms with E-state index in [9.17, 15) is 18.0 Å². The molecule has 2 N–H and O–H groups in total. The molecule has 4 aromatic rings. The zero-order valence-corrected chi connectivity index (χ0v) is 22.8. The van der Waals surface area contributed by atoms with Crippen LogP contribution in [0.25, 0.3) is 0 Å². The number of anilines is 2. The molecule has 0 aliphatic heterocycles. The van der Waals surface area contributed by atoms with Crippen LogP contribution < -0.4 is 19.8 Å². The highest BCUT2D eigenvalue weighted by atomic mass is 32.2. The Labute approximate surface area is 233 Å². The summed E-state index contributed by atoms with van der Waals surface area (Å²) in [6.07, 6.45) is 0. The van der Waals surface area contributed by atoms with E-state index in [1.807, 2.05) is 6.07 Å². The van der Waals surface area contributed by atoms with Gasteiger partial charge in [0.15, 0.2) is 0 Å². The number of hydrazone groups is 1. The van der Waals surface area contributed by atoms with Gasteiger partial charge in [-0.05, 0) is 73.2 Å². The van der Waals surface area contributed by atoms with Crippen LogP contribution in [0.5, 0.6) is 5.75 Å². The van der Waals surface area contributed by atoms with Crippen LogP contribution in [0.1, 0.15) is 22.8 Å². The Hall–Kier alpha value is -4.96. The fraction of sp³-hybridized carbons (Fsp3) is 0.100. The fourth-order valence-electron chi connectivity index (χ4n) is 3.78. The number of hydrogen-bond acceptors (Lipinski definition) is 6. The van der Waals surface area contributed by atoms with Gasteiger partial charge in [-0.3, -0.25) is 13.9 Å². The first kappa shape index (κ1) is 28.1. The summed E-state index contributed by atoms with van der Waals surface area (Å²) >= 11 is 0. The average molecular weight is 557 g/mol. The molecule has 9 nitrogen and oxygen atoms in total. The van der Waals surface area contributed by atoms with Gasteiger partial charge in [0, 0.05) is 11.3 Å². The lowest BCUT2D eigenvalue weighted by Gasteiger charge is -2.23. The Balaban J connectivity index is 1.49. The van der Waals surface area contributed by atoms with Crippen molar-refractivity contribution in [2.24, 2.45) is 5.10 Å². The zero-order chi connectivity index (χ0) is 28.5. The molecular weight excluding hydrogens is 528 g/mol. The molecule has 0 fully saturated rings. The molecule has 204 valence electrons. The van der Waals surface area contributed by atoms with Crippen LogP contribution in [-0.2, 0) is 14.8 Å². The first-order valence-corrected chi connectivity index (χ1v) is 13.7. The first-order chi connectivity index (χ1) is 19.3. The highest BCUT2D eigenvalue weighted by Crippen LogP contribution is 2.25. The number of ether oxygens (including phenoxy) is 1. The smallest absolute Gasteiger partial charge is 0.264 e. The number of benzene rings is 4. The van der Waals surface area contributed by atoms with Gasteiger partial charge in [-0.1, -0.05) is 48.5 Å². The lowest BCUT2D eigenvalue weighted by atomic mass is 10.1. The van der Waals surface area contributed by atoms with Crippen LogP contribution in [0.3, 0.4) is 0 Å². The Bertz CT molecular complexity index is 1610. The van der Waals surface area contributed by atoms with Gasteiger partial charge in [0.25, 0.3) is 21.8 Å². The third-order valence-electron chi connectivity index (χ3n) is 5.90. The number of amides is 2. The minimum Gasteiger partial charge on any atom is -0.497 e. The average Bonchev–Trinajstić information content (AvgIpc) is 2.99. The molecule has 2 amide bonds. The summed E-state index contributed by atoms with van der Waals surface area (Å²) < 4.78 is 33.1.